The van der Waals surface area contributed by atoms with Crippen LogP contribution in [0.1, 0.15) is 37.1 Å². The molecule has 172 valence electrons. The van der Waals surface area contributed by atoms with Crippen molar-refractivity contribution in [1.82, 2.24) is 5.32 Å². The molecule has 11 nitrogen and oxygen atoms in total. The largest absolute Gasteiger partial charge is 0.504 e. The molecule has 1 aliphatic rings. The third kappa shape index (κ3) is 3.86. The van der Waals surface area contributed by atoms with Crippen LogP contribution in [-0.2, 0) is 0 Å². The van der Waals surface area contributed by atoms with Gasteiger partial charge in [0.1, 0.15) is 17.5 Å². The second kappa shape index (κ2) is 8.50. The second-order valence-electron chi connectivity index (χ2n) is 8.27. The molecule has 0 unspecified atom stereocenters. The Morgan fingerprint density at radius 3 is 1.53 bits per heavy atom. The summed E-state index contributed by atoms with van der Waals surface area (Å²) >= 11 is 0. The number of nitrogens with one attached hydrogen (secondary N) is 1. The summed E-state index contributed by atoms with van der Waals surface area (Å²) in [4.78, 5) is 23.3. The Kier molecular flexibility index (Phi) is 6.13. The molecular formula is C21H25N3O8. The zero-order valence-electron chi connectivity index (χ0n) is 18.0. The lowest BCUT2D eigenvalue weighted by atomic mass is 9.66. The standard InChI is InChI=1S/C21H25N3O8/c1-21(2)19(23(27)28)17(11-5-7-13(25)15(9-11)31-3)22-18(20(21)24(29)30)12-6-8-14(26)16(10-12)32-4/h5-10,17-20,22,25-26H,1-4H3/t17-,18+,19-,20-/m1/s1. The Morgan fingerprint density at radius 1 is 0.844 bits per heavy atom. The topological polar surface area (TPSA) is 157 Å². The fourth-order valence-electron chi connectivity index (χ4n) is 4.53. The average Bonchev–Trinajstić information content (AvgIpc) is 2.72. The molecule has 0 radical (unpaired) electrons. The van der Waals surface area contributed by atoms with Gasteiger partial charge in [0.2, 0.25) is 12.1 Å². The predicted molar refractivity (Wildman–Crippen MR) is 113 cm³/mol. The molecule has 1 heterocycles. The molecule has 3 N–H and O–H groups in total. The van der Waals surface area contributed by atoms with Crippen molar-refractivity contribution in [2.75, 3.05) is 14.2 Å². The maximum absolute atomic E-state index is 12.1. The lowest BCUT2D eigenvalue weighted by Gasteiger charge is -2.44. The van der Waals surface area contributed by atoms with E-state index in [2.05, 4.69) is 5.32 Å². The van der Waals surface area contributed by atoms with Gasteiger partial charge >= 0.3 is 0 Å². The Hall–Kier alpha value is -3.60. The molecule has 0 bridgehead atoms. The van der Waals surface area contributed by atoms with Gasteiger partial charge < -0.3 is 19.7 Å². The SMILES string of the molecule is COc1cc([C@H]2N[C@@H](c3ccc(O)c(OC)c3)[C@@H]([N+](=O)[O-])C(C)(C)[C@@H]2[N+](=O)[O-])ccc1O. The fraction of sp³-hybridized carbons (Fsp3) is 0.429. The number of ether oxygens (including phenoxy) is 2. The maximum Gasteiger partial charge on any atom is 0.243 e. The minimum atomic E-state index is -1.39. The number of hydrogen-bond acceptors (Lipinski definition) is 9. The maximum atomic E-state index is 12.1. The third-order valence-electron chi connectivity index (χ3n) is 6.10. The van der Waals surface area contributed by atoms with Crippen LogP contribution in [-0.4, -0.2) is 46.4 Å². The van der Waals surface area contributed by atoms with Gasteiger partial charge in [-0.3, -0.25) is 25.5 Å². The van der Waals surface area contributed by atoms with Crippen LogP contribution in [0.3, 0.4) is 0 Å². The Morgan fingerprint density at radius 2 is 1.22 bits per heavy atom. The molecule has 2 aromatic carbocycles. The zero-order chi connectivity index (χ0) is 23.8. The summed E-state index contributed by atoms with van der Waals surface area (Å²) in [6.07, 6.45) is 0. The predicted octanol–water partition coefficient (Wildman–Crippen LogP) is 2.82. The van der Waals surface area contributed by atoms with E-state index >= 15 is 0 Å². The highest BCUT2D eigenvalue weighted by Gasteiger charge is 2.63. The van der Waals surface area contributed by atoms with Crippen LogP contribution < -0.4 is 14.8 Å². The highest BCUT2D eigenvalue weighted by molar-refractivity contribution is 5.45. The minimum absolute atomic E-state index is 0.128. The van der Waals surface area contributed by atoms with Crippen LogP contribution in [0, 0.1) is 25.6 Å². The number of phenols is 2. The van der Waals surface area contributed by atoms with Gasteiger partial charge in [0.05, 0.1) is 14.2 Å². The molecular weight excluding hydrogens is 422 g/mol. The van der Waals surface area contributed by atoms with Gasteiger partial charge in [-0.15, -0.1) is 0 Å². The van der Waals surface area contributed by atoms with E-state index in [0.29, 0.717) is 11.1 Å². The van der Waals surface area contributed by atoms with Crippen LogP contribution in [0.4, 0.5) is 0 Å². The third-order valence-corrected chi connectivity index (χ3v) is 6.10. The van der Waals surface area contributed by atoms with E-state index in [0.717, 1.165) is 0 Å². The number of nitro groups is 2. The lowest BCUT2D eigenvalue weighted by Crippen LogP contribution is -2.63. The molecule has 11 heteroatoms. The van der Waals surface area contributed by atoms with E-state index in [1.54, 1.807) is 0 Å². The van der Waals surface area contributed by atoms with Gasteiger partial charge in [0.15, 0.2) is 23.0 Å². The number of aromatic hydroxyl groups is 2. The van der Waals surface area contributed by atoms with E-state index in [1.807, 2.05) is 0 Å². The summed E-state index contributed by atoms with van der Waals surface area (Å²) in [6, 6.07) is 4.11. The van der Waals surface area contributed by atoms with E-state index in [4.69, 9.17) is 9.47 Å². The van der Waals surface area contributed by atoms with E-state index in [-0.39, 0.29) is 23.0 Å². The summed E-state index contributed by atoms with van der Waals surface area (Å²) in [5, 5.41) is 47.2. The molecule has 0 aromatic heterocycles. The van der Waals surface area contributed by atoms with E-state index in [1.165, 1.54) is 64.5 Å². The molecule has 4 atom stereocenters. The van der Waals surface area contributed by atoms with Crippen molar-refractivity contribution >= 4 is 0 Å². The number of phenolic OH excluding ortho intramolecular Hbond substituents is 2. The van der Waals surface area contributed by atoms with Crippen molar-refractivity contribution in [3.05, 3.63) is 67.8 Å². The number of piperidine rings is 1. The minimum Gasteiger partial charge on any atom is -0.504 e. The van der Waals surface area contributed by atoms with Crippen LogP contribution in [0.5, 0.6) is 23.0 Å². The van der Waals surface area contributed by atoms with Gasteiger partial charge in [-0.1, -0.05) is 12.1 Å². The first-order valence-corrected chi connectivity index (χ1v) is 9.79. The van der Waals surface area contributed by atoms with Gasteiger partial charge in [0, 0.05) is 9.85 Å². The summed E-state index contributed by atoms with van der Waals surface area (Å²) in [5.74, 6) is -0.00848. The summed E-state index contributed by atoms with van der Waals surface area (Å²) in [7, 11) is 2.71. The molecule has 1 fully saturated rings. The van der Waals surface area contributed by atoms with Gasteiger partial charge in [0.25, 0.3) is 0 Å². The Balaban J connectivity index is 2.20. The molecule has 3 rings (SSSR count). The Labute approximate surface area is 183 Å². The zero-order valence-corrected chi connectivity index (χ0v) is 18.0. The van der Waals surface area contributed by atoms with Gasteiger partial charge in [-0.2, -0.15) is 0 Å². The summed E-state index contributed by atoms with van der Waals surface area (Å²) < 4.78 is 10.3. The molecule has 0 aliphatic carbocycles. The van der Waals surface area contributed by atoms with Crippen molar-refractivity contribution < 1.29 is 29.5 Å². The van der Waals surface area contributed by atoms with Crippen molar-refractivity contribution in [2.45, 2.75) is 38.0 Å². The number of hydrogen-bond donors (Lipinski definition) is 3. The molecule has 1 aliphatic heterocycles. The molecule has 32 heavy (non-hydrogen) atoms. The quantitative estimate of drug-likeness (QED) is 0.447. The fourth-order valence-corrected chi connectivity index (χ4v) is 4.53. The molecule has 0 saturated carbocycles. The van der Waals surface area contributed by atoms with Crippen LogP contribution in [0.25, 0.3) is 0 Å². The van der Waals surface area contributed by atoms with E-state index < -0.39 is 39.4 Å². The Bertz CT molecular complexity index is 962. The normalized spacial score (nSPS) is 24.5. The van der Waals surface area contributed by atoms with Crippen LogP contribution >= 0.6 is 0 Å². The smallest absolute Gasteiger partial charge is 0.243 e. The number of nitrogens with zero attached hydrogens (tertiary/aromatic N) is 2. The average molecular weight is 447 g/mol. The monoisotopic (exact) mass is 447 g/mol. The summed E-state index contributed by atoms with van der Waals surface area (Å²) in [6.45, 7) is 3.01. The number of benzene rings is 2. The highest BCUT2D eigenvalue weighted by Crippen LogP contribution is 2.48. The highest BCUT2D eigenvalue weighted by atomic mass is 16.6. The molecule has 2 aromatic rings. The van der Waals surface area contributed by atoms with Crippen molar-refractivity contribution in [1.29, 1.82) is 0 Å². The van der Waals surface area contributed by atoms with Gasteiger partial charge in [-0.05, 0) is 49.2 Å². The number of methoxy groups -OCH3 is 2. The van der Waals surface area contributed by atoms with Crippen LogP contribution in [0.2, 0.25) is 0 Å². The van der Waals surface area contributed by atoms with Crippen LogP contribution in [0.15, 0.2) is 36.4 Å². The van der Waals surface area contributed by atoms with Gasteiger partial charge in [-0.25, -0.2) is 0 Å². The molecule has 0 amide bonds. The lowest BCUT2D eigenvalue weighted by molar-refractivity contribution is -0.605. The first kappa shape index (κ1) is 23.1. The van der Waals surface area contributed by atoms with E-state index in [9.17, 15) is 30.4 Å². The van der Waals surface area contributed by atoms with Crippen molar-refractivity contribution in [3.63, 3.8) is 0 Å². The first-order chi connectivity index (χ1) is 15.0. The second-order valence-corrected chi connectivity index (χ2v) is 8.27. The summed E-state index contributed by atoms with van der Waals surface area (Å²) in [5.41, 5.74) is -0.511. The molecule has 1 saturated heterocycles. The van der Waals surface area contributed by atoms with Crippen molar-refractivity contribution in [3.8, 4) is 23.0 Å². The number of rotatable bonds is 6. The van der Waals surface area contributed by atoms with Crippen molar-refractivity contribution in [2.24, 2.45) is 5.41 Å². The first-order valence-electron chi connectivity index (χ1n) is 9.79. The molecule has 0 spiro atoms.